The molecule has 1 aliphatic rings. The number of carbonyl (C=O) groups is 1. The van der Waals surface area contributed by atoms with Gasteiger partial charge in [0.2, 0.25) is 0 Å². The number of carboxylic acid groups (broad SMARTS) is 1. The third kappa shape index (κ3) is 2.05. The molecular formula is C17H16O3. The summed E-state index contributed by atoms with van der Waals surface area (Å²) in [6, 6.07) is 11.5. The van der Waals surface area contributed by atoms with Crippen LogP contribution in [0.3, 0.4) is 0 Å². The van der Waals surface area contributed by atoms with E-state index in [1.807, 2.05) is 25.1 Å². The van der Waals surface area contributed by atoms with Crippen LogP contribution in [0, 0.1) is 6.92 Å². The molecule has 0 unspecified atom stereocenters. The summed E-state index contributed by atoms with van der Waals surface area (Å²) < 4.78 is 5.82. The molecule has 1 aliphatic heterocycles. The van der Waals surface area contributed by atoms with Crippen LogP contribution in [0.5, 0.6) is 5.75 Å². The van der Waals surface area contributed by atoms with E-state index in [2.05, 4.69) is 6.07 Å². The zero-order chi connectivity index (χ0) is 14.1. The van der Waals surface area contributed by atoms with Crippen molar-refractivity contribution in [1.29, 1.82) is 0 Å². The molecule has 3 heteroatoms. The number of aryl methyl sites for hydroxylation is 1. The lowest BCUT2D eigenvalue weighted by molar-refractivity contribution is 0.0696. The van der Waals surface area contributed by atoms with Crippen molar-refractivity contribution < 1.29 is 14.6 Å². The molecule has 1 N–H and O–H groups in total. The molecule has 0 aromatic heterocycles. The molecule has 0 aliphatic carbocycles. The summed E-state index contributed by atoms with van der Waals surface area (Å²) in [6.07, 6.45) is 2.05. The highest BCUT2D eigenvalue weighted by Crippen LogP contribution is 2.38. The van der Waals surface area contributed by atoms with Crippen molar-refractivity contribution >= 4 is 5.97 Å². The van der Waals surface area contributed by atoms with Crippen molar-refractivity contribution in [3.05, 3.63) is 53.1 Å². The molecule has 1 heterocycles. The van der Waals surface area contributed by atoms with Gasteiger partial charge in [-0.05, 0) is 42.5 Å². The van der Waals surface area contributed by atoms with Crippen LogP contribution in [-0.2, 0) is 6.42 Å². The van der Waals surface area contributed by atoms with Crippen LogP contribution in [0.2, 0.25) is 0 Å². The summed E-state index contributed by atoms with van der Waals surface area (Å²) in [6.45, 7) is 2.57. The zero-order valence-corrected chi connectivity index (χ0v) is 11.3. The molecule has 20 heavy (non-hydrogen) atoms. The summed E-state index contributed by atoms with van der Waals surface area (Å²) in [4.78, 5) is 11.3. The SMILES string of the molecule is Cc1c(C(=O)O)cccc1-c1cccc2c1OCCC2. The van der Waals surface area contributed by atoms with Crippen molar-refractivity contribution in [1.82, 2.24) is 0 Å². The van der Waals surface area contributed by atoms with Gasteiger partial charge in [-0.15, -0.1) is 0 Å². The van der Waals surface area contributed by atoms with Crippen LogP contribution < -0.4 is 4.74 Å². The number of para-hydroxylation sites is 1. The Balaban J connectivity index is 2.19. The number of rotatable bonds is 2. The third-order valence-corrected chi connectivity index (χ3v) is 3.79. The van der Waals surface area contributed by atoms with Gasteiger partial charge in [-0.1, -0.05) is 30.3 Å². The Morgan fingerprint density at radius 3 is 2.70 bits per heavy atom. The predicted molar refractivity (Wildman–Crippen MR) is 77.4 cm³/mol. The molecule has 3 nitrogen and oxygen atoms in total. The van der Waals surface area contributed by atoms with Crippen molar-refractivity contribution in [2.75, 3.05) is 6.61 Å². The molecule has 0 saturated heterocycles. The van der Waals surface area contributed by atoms with Crippen LogP contribution >= 0.6 is 0 Å². The fourth-order valence-corrected chi connectivity index (χ4v) is 2.76. The van der Waals surface area contributed by atoms with E-state index in [1.54, 1.807) is 12.1 Å². The lowest BCUT2D eigenvalue weighted by Crippen LogP contribution is -2.09. The second-order valence-corrected chi connectivity index (χ2v) is 5.03. The molecule has 0 spiro atoms. The van der Waals surface area contributed by atoms with E-state index < -0.39 is 5.97 Å². The first-order chi connectivity index (χ1) is 9.68. The van der Waals surface area contributed by atoms with Crippen molar-refractivity contribution in [2.24, 2.45) is 0 Å². The van der Waals surface area contributed by atoms with Crippen LogP contribution in [0.25, 0.3) is 11.1 Å². The Morgan fingerprint density at radius 1 is 1.15 bits per heavy atom. The standard InChI is InChI=1S/C17H16O3/c1-11-13(7-3-8-14(11)17(18)19)15-9-2-5-12-6-4-10-20-16(12)15/h2-3,5,7-9H,4,6,10H2,1H3,(H,18,19). The molecule has 0 atom stereocenters. The first-order valence-electron chi connectivity index (χ1n) is 6.76. The monoisotopic (exact) mass is 268 g/mol. The number of ether oxygens (including phenoxy) is 1. The molecule has 0 saturated carbocycles. The third-order valence-electron chi connectivity index (χ3n) is 3.79. The highest BCUT2D eigenvalue weighted by atomic mass is 16.5. The molecule has 2 aromatic rings. The van der Waals surface area contributed by atoms with E-state index in [-0.39, 0.29) is 0 Å². The van der Waals surface area contributed by atoms with Gasteiger partial charge >= 0.3 is 5.97 Å². The summed E-state index contributed by atoms with van der Waals surface area (Å²) in [7, 11) is 0. The molecule has 3 rings (SSSR count). The van der Waals surface area contributed by atoms with E-state index in [0.717, 1.165) is 41.9 Å². The number of carboxylic acids is 1. The van der Waals surface area contributed by atoms with Gasteiger partial charge in [0, 0.05) is 5.56 Å². The van der Waals surface area contributed by atoms with Crippen LogP contribution in [0.4, 0.5) is 0 Å². The molecule has 0 radical (unpaired) electrons. The van der Waals surface area contributed by atoms with Crippen molar-refractivity contribution in [3.8, 4) is 16.9 Å². The van der Waals surface area contributed by atoms with Gasteiger partial charge in [0.05, 0.1) is 12.2 Å². The summed E-state index contributed by atoms with van der Waals surface area (Å²) in [5.74, 6) is 0.0134. The minimum absolute atomic E-state index is 0.343. The van der Waals surface area contributed by atoms with E-state index in [9.17, 15) is 9.90 Å². The largest absolute Gasteiger partial charge is 0.493 e. The summed E-state index contributed by atoms with van der Waals surface area (Å²) in [5, 5.41) is 9.24. The highest BCUT2D eigenvalue weighted by Gasteiger charge is 2.18. The smallest absolute Gasteiger partial charge is 0.335 e. The predicted octanol–water partition coefficient (Wildman–Crippen LogP) is 3.69. The van der Waals surface area contributed by atoms with Gasteiger partial charge in [0.1, 0.15) is 5.75 Å². The van der Waals surface area contributed by atoms with Gasteiger partial charge in [-0.25, -0.2) is 4.79 Å². The Labute approximate surface area is 117 Å². The van der Waals surface area contributed by atoms with E-state index in [1.165, 1.54) is 5.56 Å². The van der Waals surface area contributed by atoms with Crippen LogP contribution in [0.1, 0.15) is 27.9 Å². The van der Waals surface area contributed by atoms with Crippen molar-refractivity contribution in [2.45, 2.75) is 19.8 Å². The second-order valence-electron chi connectivity index (χ2n) is 5.03. The van der Waals surface area contributed by atoms with E-state index in [4.69, 9.17) is 4.74 Å². The fraction of sp³-hybridized carbons (Fsp3) is 0.235. The average molecular weight is 268 g/mol. The minimum Gasteiger partial charge on any atom is -0.493 e. The van der Waals surface area contributed by atoms with Crippen LogP contribution in [0.15, 0.2) is 36.4 Å². The zero-order valence-electron chi connectivity index (χ0n) is 11.3. The number of hydrogen-bond donors (Lipinski definition) is 1. The number of fused-ring (bicyclic) bond motifs is 1. The molecule has 0 amide bonds. The van der Waals surface area contributed by atoms with E-state index in [0.29, 0.717) is 5.56 Å². The average Bonchev–Trinajstić information content (AvgIpc) is 2.47. The normalized spacial score (nSPS) is 13.4. The summed E-state index contributed by atoms with van der Waals surface area (Å²) >= 11 is 0. The molecule has 0 fully saturated rings. The molecule has 2 aromatic carbocycles. The van der Waals surface area contributed by atoms with Gasteiger partial charge in [-0.2, -0.15) is 0 Å². The highest BCUT2D eigenvalue weighted by molar-refractivity contribution is 5.92. The topological polar surface area (TPSA) is 46.5 Å². The van der Waals surface area contributed by atoms with Gasteiger partial charge in [0.15, 0.2) is 0 Å². The maximum atomic E-state index is 11.3. The fourth-order valence-electron chi connectivity index (χ4n) is 2.76. The summed E-state index contributed by atoms with van der Waals surface area (Å²) in [5.41, 5.74) is 4.25. The Bertz CT molecular complexity index is 674. The molecule has 102 valence electrons. The first kappa shape index (κ1) is 12.7. The Morgan fingerprint density at radius 2 is 1.90 bits per heavy atom. The quantitative estimate of drug-likeness (QED) is 0.903. The molecular weight excluding hydrogens is 252 g/mol. The van der Waals surface area contributed by atoms with Crippen molar-refractivity contribution in [3.63, 3.8) is 0 Å². The van der Waals surface area contributed by atoms with E-state index >= 15 is 0 Å². The second kappa shape index (κ2) is 5.00. The number of benzene rings is 2. The van der Waals surface area contributed by atoms with Gasteiger partial charge in [0.25, 0.3) is 0 Å². The lowest BCUT2D eigenvalue weighted by Gasteiger charge is -2.21. The number of hydrogen-bond acceptors (Lipinski definition) is 2. The number of aromatic carboxylic acids is 1. The maximum Gasteiger partial charge on any atom is 0.335 e. The van der Waals surface area contributed by atoms with Gasteiger partial charge < -0.3 is 9.84 Å². The Kier molecular flexibility index (Phi) is 3.18. The van der Waals surface area contributed by atoms with Gasteiger partial charge in [-0.3, -0.25) is 0 Å². The minimum atomic E-state index is -0.893. The molecule has 0 bridgehead atoms. The first-order valence-corrected chi connectivity index (χ1v) is 6.76. The van der Waals surface area contributed by atoms with Crippen LogP contribution in [-0.4, -0.2) is 17.7 Å². The lowest BCUT2D eigenvalue weighted by atomic mass is 9.93. The maximum absolute atomic E-state index is 11.3. The Hall–Kier alpha value is -2.29.